The van der Waals surface area contributed by atoms with Gasteiger partial charge in [-0.15, -0.1) is 0 Å². The lowest BCUT2D eigenvalue weighted by atomic mass is 9.89. The average molecular weight is 375 g/mol. The molecule has 2 nitrogen and oxygen atoms in total. The summed E-state index contributed by atoms with van der Waals surface area (Å²) in [5.74, 6) is 1.05. The Hall–Kier alpha value is -2.01. The number of alkyl halides is 3. The SMILES string of the molecule is FC(F)(F)c1cc(OCCCCN2CCC(c3ccccc3)CC2)c2cc1-2. The van der Waals surface area contributed by atoms with Crippen molar-refractivity contribution in [3.05, 3.63) is 53.6 Å². The highest BCUT2D eigenvalue weighted by Gasteiger charge is 2.40. The molecule has 0 aromatic heterocycles. The number of hydrogen-bond acceptors (Lipinski definition) is 2. The van der Waals surface area contributed by atoms with E-state index in [9.17, 15) is 13.2 Å². The second-order valence-corrected chi connectivity index (χ2v) is 7.47. The zero-order valence-electron chi connectivity index (χ0n) is 15.3. The van der Waals surface area contributed by atoms with Gasteiger partial charge < -0.3 is 9.64 Å². The molecule has 0 saturated carbocycles. The second kappa shape index (κ2) is 7.55. The van der Waals surface area contributed by atoms with Crippen molar-refractivity contribution in [2.75, 3.05) is 26.2 Å². The number of piperidine rings is 1. The van der Waals surface area contributed by atoms with Gasteiger partial charge in [0.15, 0.2) is 0 Å². The number of likely N-dealkylation sites (tertiary alicyclic amines) is 1. The molecule has 144 valence electrons. The minimum Gasteiger partial charge on any atom is -0.493 e. The maximum atomic E-state index is 12.8. The molecule has 1 aromatic carbocycles. The number of benzene rings is 2. The van der Waals surface area contributed by atoms with E-state index in [1.165, 1.54) is 18.4 Å². The number of rotatable bonds is 7. The maximum absolute atomic E-state index is 12.8. The first-order chi connectivity index (χ1) is 13.0. The normalized spacial score (nSPS) is 17.1. The average Bonchev–Trinajstić information content (AvgIpc) is 3.36. The van der Waals surface area contributed by atoms with Crippen molar-refractivity contribution < 1.29 is 17.9 Å². The van der Waals surface area contributed by atoms with Crippen LogP contribution in [0.4, 0.5) is 13.2 Å². The van der Waals surface area contributed by atoms with E-state index < -0.39 is 11.7 Å². The summed E-state index contributed by atoms with van der Waals surface area (Å²) >= 11 is 0. The van der Waals surface area contributed by atoms with Crippen molar-refractivity contribution in [1.82, 2.24) is 4.90 Å². The summed E-state index contributed by atoms with van der Waals surface area (Å²) in [4.78, 5) is 2.49. The highest BCUT2D eigenvalue weighted by atomic mass is 19.4. The smallest absolute Gasteiger partial charge is 0.417 e. The van der Waals surface area contributed by atoms with Gasteiger partial charge in [-0.25, -0.2) is 0 Å². The van der Waals surface area contributed by atoms with Crippen molar-refractivity contribution in [2.24, 2.45) is 0 Å². The van der Waals surface area contributed by atoms with Gasteiger partial charge in [0.05, 0.1) is 12.2 Å². The standard InChI is InChI=1S/C22H24F3NO/c23-22(24,25)20-15-21(19-14-18(19)20)27-13-5-4-10-26-11-8-17(9-12-26)16-6-2-1-3-7-16/h1-3,6-7,14-15,17H,4-5,8-13H2. The molecular weight excluding hydrogens is 351 g/mol. The predicted octanol–water partition coefficient (Wildman–Crippen LogP) is 5.72. The minimum absolute atomic E-state index is 0.304. The number of ether oxygens (including phenoxy) is 1. The highest BCUT2D eigenvalue weighted by Crippen LogP contribution is 2.52. The third-order valence-corrected chi connectivity index (χ3v) is 5.62. The number of unbranched alkanes of at least 4 members (excludes halogenated alkanes) is 1. The fourth-order valence-corrected chi connectivity index (χ4v) is 4.01. The van der Waals surface area contributed by atoms with Gasteiger partial charge in [0.25, 0.3) is 0 Å². The third-order valence-electron chi connectivity index (χ3n) is 5.62. The molecule has 1 aliphatic heterocycles. The summed E-state index contributed by atoms with van der Waals surface area (Å²) in [6, 6.07) is 13.4. The molecule has 5 heteroatoms. The molecule has 2 aliphatic carbocycles. The van der Waals surface area contributed by atoms with Crippen LogP contribution in [-0.4, -0.2) is 31.1 Å². The molecule has 1 aromatic rings. The lowest BCUT2D eigenvalue weighted by molar-refractivity contribution is -0.136. The Morgan fingerprint density at radius 2 is 1.70 bits per heavy atom. The van der Waals surface area contributed by atoms with E-state index in [0.717, 1.165) is 38.5 Å². The Bertz CT molecular complexity index is 780. The number of fused-ring (bicyclic) bond motifs is 1. The molecule has 0 N–H and O–H groups in total. The van der Waals surface area contributed by atoms with Gasteiger partial charge in [0.1, 0.15) is 5.75 Å². The number of halogens is 3. The quantitative estimate of drug-likeness (QED) is 0.490. The molecular formula is C22H24F3NO. The molecule has 0 amide bonds. The maximum Gasteiger partial charge on any atom is 0.417 e. The summed E-state index contributed by atoms with van der Waals surface area (Å²) in [5, 5.41) is 0. The van der Waals surface area contributed by atoms with E-state index in [-0.39, 0.29) is 0 Å². The molecule has 0 atom stereocenters. The molecule has 0 unspecified atom stereocenters. The molecule has 0 bridgehead atoms. The molecule has 4 rings (SSSR count). The van der Waals surface area contributed by atoms with Crippen LogP contribution >= 0.6 is 0 Å². The lowest BCUT2D eigenvalue weighted by Crippen LogP contribution is -2.33. The van der Waals surface area contributed by atoms with Crippen LogP contribution in [0.2, 0.25) is 0 Å². The Labute approximate surface area is 157 Å². The van der Waals surface area contributed by atoms with E-state index >= 15 is 0 Å². The van der Waals surface area contributed by atoms with E-state index in [0.29, 0.717) is 29.4 Å². The topological polar surface area (TPSA) is 12.5 Å². The van der Waals surface area contributed by atoms with Crippen LogP contribution in [0.3, 0.4) is 0 Å². The monoisotopic (exact) mass is 375 g/mol. The lowest BCUT2D eigenvalue weighted by Gasteiger charge is -2.32. The molecule has 0 radical (unpaired) electrons. The van der Waals surface area contributed by atoms with Crippen molar-refractivity contribution in [2.45, 2.75) is 37.8 Å². The summed E-state index contributed by atoms with van der Waals surface area (Å²) in [5.41, 5.74) is 1.81. The largest absolute Gasteiger partial charge is 0.493 e. The van der Waals surface area contributed by atoms with Crippen LogP contribution in [0.5, 0.6) is 5.75 Å². The minimum atomic E-state index is -4.29. The van der Waals surface area contributed by atoms with Gasteiger partial charge in [0.2, 0.25) is 0 Å². The third kappa shape index (κ3) is 4.29. The van der Waals surface area contributed by atoms with Crippen molar-refractivity contribution in [1.29, 1.82) is 0 Å². The van der Waals surface area contributed by atoms with Crippen molar-refractivity contribution in [3.8, 4) is 16.9 Å². The molecule has 1 saturated heterocycles. The van der Waals surface area contributed by atoms with E-state index in [1.807, 2.05) is 0 Å². The van der Waals surface area contributed by atoms with Crippen LogP contribution in [0.25, 0.3) is 11.1 Å². The fraction of sp³-hybridized carbons (Fsp3) is 0.455. The summed E-state index contributed by atoms with van der Waals surface area (Å²) in [6.07, 6.45) is -0.0360. The van der Waals surface area contributed by atoms with Gasteiger partial charge in [-0.2, -0.15) is 13.2 Å². The van der Waals surface area contributed by atoms with E-state index in [4.69, 9.17) is 4.74 Å². The van der Waals surface area contributed by atoms with E-state index in [1.54, 1.807) is 6.07 Å². The first-order valence-corrected chi connectivity index (χ1v) is 9.68. The fourth-order valence-electron chi connectivity index (χ4n) is 4.01. The zero-order valence-corrected chi connectivity index (χ0v) is 15.3. The van der Waals surface area contributed by atoms with Gasteiger partial charge in [-0.3, -0.25) is 0 Å². The van der Waals surface area contributed by atoms with Gasteiger partial charge in [0, 0.05) is 5.56 Å². The van der Waals surface area contributed by atoms with Gasteiger partial charge in [-0.1, -0.05) is 30.3 Å². The predicted molar refractivity (Wildman–Crippen MR) is 100 cm³/mol. The van der Waals surface area contributed by atoms with Crippen LogP contribution in [0.15, 0.2) is 42.5 Å². The number of nitrogens with zero attached hydrogens (tertiary/aromatic N) is 1. The molecule has 0 spiro atoms. The molecule has 3 aliphatic rings. The molecule has 1 fully saturated rings. The van der Waals surface area contributed by atoms with Crippen LogP contribution in [0, 0.1) is 0 Å². The van der Waals surface area contributed by atoms with Crippen LogP contribution in [0.1, 0.15) is 42.7 Å². The Balaban J connectivity index is 1.14. The summed E-state index contributed by atoms with van der Waals surface area (Å²) in [6.45, 7) is 3.73. The van der Waals surface area contributed by atoms with Crippen molar-refractivity contribution in [3.63, 3.8) is 0 Å². The number of hydrogen-bond donors (Lipinski definition) is 0. The van der Waals surface area contributed by atoms with E-state index in [2.05, 4.69) is 35.2 Å². The van der Waals surface area contributed by atoms with Crippen LogP contribution in [-0.2, 0) is 6.18 Å². The Morgan fingerprint density at radius 3 is 2.37 bits per heavy atom. The second-order valence-electron chi connectivity index (χ2n) is 7.47. The first kappa shape index (κ1) is 18.4. The molecule has 1 heterocycles. The van der Waals surface area contributed by atoms with Crippen LogP contribution < -0.4 is 4.74 Å². The summed E-state index contributed by atoms with van der Waals surface area (Å²) < 4.78 is 44.0. The summed E-state index contributed by atoms with van der Waals surface area (Å²) in [7, 11) is 0. The highest BCUT2D eigenvalue weighted by molar-refractivity contribution is 5.91. The zero-order chi connectivity index (χ0) is 18.9. The Morgan fingerprint density at radius 1 is 0.963 bits per heavy atom. The Kier molecular flexibility index (Phi) is 5.13. The first-order valence-electron chi connectivity index (χ1n) is 9.68. The van der Waals surface area contributed by atoms with Crippen molar-refractivity contribution >= 4 is 0 Å². The van der Waals surface area contributed by atoms with Gasteiger partial charge in [-0.05, 0) is 74.5 Å². The molecule has 27 heavy (non-hydrogen) atoms. The van der Waals surface area contributed by atoms with Gasteiger partial charge >= 0.3 is 6.18 Å².